The Labute approximate surface area is 142 Å². The van der Waals surface area contributed by atoms with Gasteiger partial charge < -0.3 is 0 Å². The Balaban J connectivity index is 2.39. The molecule has 0 amide bonds. The van der Waals surface area contributed by atoms with Crippen molar-refractivity contribution in [3.05, 3.63) is 0 Å². The molecule has 0 bridgehead atoms. The normalized spacial score (nSPS) is 35.9. The summed E-state index contributed by atoms with van der Waals surface area (Å²) in [4.78, 5) is 0. The van der Waals surface area contributed by atoms with E-state index >= 15 is 0 Å². The quantitative estimate of drug-likeness (QED) is 0.500. The van der Waals surface area contributed by atoms with Gasteiger partial charge in [-0.3, -0.25) is 0 Å². The van der Waals surface area contributed by atoms with Crippen LogP contribution in [-0.4, -0.2) is 64.8 Å². The van der Waals surface area contributed by atoms with Crippen molar-refractivity contribution in [2.75, 3.05) is 23.0 Å². The van der Waals surface area contributed by atoms with Crippen LogP contribution >= 0.6 is 0 Å². The smallest absolute Gasteiger partial charge is 0.176 e. The van der Waals surface area contributed by atoms with E-state index in [1.54, 1.807) is 0 Å². The molecule has 3 rings (SSSR count). The Morgan fingerprint density at radius 2 is 0.750 bits per heavy atom. The average molecular weight is 421 g/mol. The van der Waals surface area contributed by atoms with Crippen molar-refractivity contribution in [1.29, 1.82) is 0 Å². The van der Waals surface area contributed by atoms with Gasteiger partial charge in [-0.2, -0.15) is 0 Å². The van der Waals surface area contributed by atoms with E-state index in [2.05, 4.69) is 0 Å². The monoisotopic (exact) mass is 420 g/mol. The average Bonchev–Trinajstić information content (AvgIpc) is 2.65. The van der Waals surface area contributed by atoms with Gasteiger partial charge in [-0.15, -0.1) is 0 Å². The molecule has 0 aromatic carbocycles. The standard InChI is InChI=1S/C12H20O8S4/c1-10(2)7-11(21(13,14)3-4-22(11,15)16)9-12(8-10)23(17,18)5-6-24(12,19)20/h3-9H2,1-2H3. The lowest BCUT2D eigenvalue weighted by Gasteiger charge is -2.48. The molecule has 8 nitrogen and oxygen atoms in total. The Morgan fingerprint density at radius 3 is 1.00 bits per heavy atom. The van der Waals surface area contributed by atoms with E-state index in [0.29, 0.717) is 0 Å². The van der Waals surface area contributed by atoms with E-state index in [0.717, 1.165) is 0 Å². The highest BCUT2D eigenvalue weighted by molar-refractivity contribution is 8.15. The van der Waals surface area contributed by atoms with Gasteiger partial charge in [-0.25, -0.2) is 33.7 Å². The van der Waals surface area contributed by atoms with Gasteiger partial charge in [-0.1, -0.05) is 13.8 Å². The molecule has 2 heterocycles. The van der Waals surface area contributed by atoms with Crippen molar-refractivity contribution in [1.82, 2.24) is 0 Å². The van der Waals surface area contributed by atoms with Crippen LogP contribution in [0.3, 0.4) is 0 Å². The summed E-state index contributed by atoms with van der Waals surface area (Å²) in [6.45, 7) is 3.06. The second-order valence-electron chi connectivity index (χ2n) is 7.79. The number of hydrogen-bond acceptors (Lipinski definition) is 8. The SMILES string of the molecule is CC1(C)CC2(CC3(C1)S(=O)(=O)CCS3(=O)=O)S(=O)(=O)CCS2(=O)=O. The van der Waals surface area contributed by atoms with Crippen molar-refractivity contribution in [2.24, 2.45) is 5.41 Å². The molecular weight excluding hydrogens is 400 g/mol. The van der Waals surface area contributed by atoms with Crippen molar-refractivity contribution in [3.8, 4) is 0 Å². The van der Waals surface area contributed by atoms with Gasteiger partial charge in [0.25, 0.3) is 0 Å². The molecule has 0 unspecified atom stereocenters. The second-order valence-corrected chi connectivity index (χ2v) is 18.0. The van der Waals surface area contributed by atoms with Gasteiger partial charge in [0.2, 0.25) is 0 Å². The maximum Gasteiger partial charge on any atom is 0.176 e. The molecular formula is C12H20O8S4. The van der Waals surface area contributed by atoms with Crippen LogP contribution in [0.4, 0.5) is 0 Å². The first-order valence-corrected chi connectivity index (χ1v) is 14.0. The fourth-order valence-corrected chi connectivity index (χ4v) is 18.3. The van der Waals surface area contributed by atoms with Crippen LogP contribution < -0.4 is 0 Å². The molecule has 0 radical (unpaired) electrons. The highest BCUT2D eigenvalue weighted by atomic mass is 32.3. The van der Waals surface area contributed by atoms with E-state index in [4.69, 9.17) is 0 Å². The van der Waals surface area contributed by atoms with Gasteiger partial charge >= 0.3 is 0 Å². The largest absolute Gasteiger partial charge is 0.227 e. The zero-order valence-electron chi connectivity index (χ0n) is 13.3. The molecule has 3 fully saturated rings. The highest BCUT2D eigenvalue weighted by Gasteiger charge is 2.74. The molecule has 1 saturated carbocycles. The Hall–Kier alpha value is -0.200. The predicted molar refractivity (Wildman–Crippen MR) is 88.2 cm³/mol. The van der Waals surface area contributed by atoms with Gasteiger partial charge in [0.1, 0.15) is 0 Å². The summed E-state index contributed by atoms with van der Waals surface area (Å²) in [6, 6.07) is 0. The van der Waals surface area contributed by atoms with Crippen LogP contribution in [-0.2, 0) is 39.3 Å². The summed E-state index contributed by atoms with van der Waals surface area (Å²) < 4.78 is 96.4. The van der Waals surface area contributed by atoms with E-state index in [-0.39, 0.29) is 12.8 Å². The van der Waals surface area contributed by atoms with Gasteiger partial charge in [0.05, 0.1) is 23.0 Å². The van der Waals surface area contributed by atoms with E-state index in [9.17, 15) is 33.7 Å². The molecule has 2 aliphatic heterocycles. The molecule has 2 spiro atoms. The van der Waals surface area contributed by atoms with Crippen molar-refractivity contribution in [3.63, 3.8) is 0 Å². The van der Waals surface area contributed by atoms with Gasteiger partial charge in [0.15, 0.2) is 47.5 Å². The van der Waals surface area contributed by atoms with Crippen molar-refractivity contribution >= 4 is 39.3 Å². The van der Waals surface area contributed by atoms with E-state index < -0.39 is 82.4 Å². The van der Waals surface area contributed by atoms with Crippen LogP contribution in [0, 0.1) is 5.41 Å². The summed E-state index contributed by atoms with van der Waals surface area (Å²) in [6.07, 6.45) is -1.45. The Morgan fingerprint density at radius 1 is 0.500 bits per heavy atom. The van der Waals surface area contributed by atoms with Crippen molar-refractivity contribution < 1.29 is 33.7 Å². The third-order valence-electron chi connectivity index (χ3n) is 5.54. The lowest BCUT2D eigenvalue weighted by molar-refractivity contribution is 0.216. The summed E-state index contributed by atoms with van der Waals surface area (Å²) in [5, 5.41) is 0. The first-order valence-electron chi connectivity index (χ1n) is 7.43. The molecule has 0 aromatic heterocycles. The zero-order chi connectivity index (χ0) is 18.4. The summed E-state index contributed by atoms with van der Waals surface area (Å²) >= 11 is 0. The van der Waals surface area contributed by atoms with E-state index in [1.807, 2.05) is 0 Å². The predicted octanol–water partition coefficient (Wildman–Crippen LogP) is -0.724. The fourth-order valence-electron chi connectivity index (χ4n) is 4.51. The highest BCUT2D eigenvalue weighted by Crippen LogP contribution is 2.59. The molecule has 2 saturated heterocycles. The van der Waals surface area contributed by atoms with E-state index in [1.165, 1.54) is 13.8 Å². The molecule has 0 N–H and O–H groups in total. The second kappa shape index (κ2) is 4.55. The minimum absolute atomic E-state index is 0.280. The third kappa shape index (κ3) is 2.05. The molecule has 24 heavy (non-hydrogen) atoms. The third-order valence-corrected chi connectivity index (χ3v) is 17.8. The lowest BCUT2D eigenvalue weighted by Crippen LogP contribution is -2.60. The maximum absolute atomic E-state index is 12.6. The zero-order valence-corrected chi connectivity index (χ0v) is 16.6. The van der Waals surface area contributed by atoms with Crippen LogP contribution in [0.25, 0.3) is 0 Å². The fraction of sp³-hybridized carbons (Fsp3) is 1.00. The number of hydrogen-bond donors (Lipinski definition) is 0. The first kappa shape index (κ1) is 18.6. The Kier molecular flexibility index (Phi) is 3.52. The first-order chi connectivity index (χ1) is 10.5. The molecule has 0 atom stereocenters. The number of sulfone groups is 4. The molecule has 3 aliphatic rings. The summed E-state index contributed by atoms with van der Waals surface area (Å²) in [5.41, 5.74) is -1.06. The minimum Gasteiger partial charge on any atom is -0.227 e. The molecule has 12 heteroatoms. The minimum atomic E-state index is -4.17. The molecule has 0 aromatic rings. The van der Waals surface area contributed by atoms with Crippen LogP contribution in [0.15, 0.2) is 0 Å². The van der Waals surface area contributed by atoms with Crippen LogP contribution in [0.2, 0.25) is 0 Å². The van der Waals surface area contributed by atoms with Gasteiger partial charge in [-0.05, 0) is 18.3 Å². The summed E-state index contributed by atoms with van der Waals surface area (Å²) in [5.74, 6) is -2.38. The molecule has 140 valence electrons. The van der Waals surface area contributed by atoms with Gasteiger partial charge in [0, 0.05) is 6.42 Å². The number of rotatable bonds is 0. The summed E-state index contributed by atoms with van der Waals surface area (Å²) in [7, 11) is -16.7. The van der Waals surface area contributed by atoms with Crippen molar-refractivity contribution in [2.45, 2.75) is 41.3 Å². The van der Waals surface area contributed by atoms with Crippen LogP contribution in [0.1, 0.15) is 33.1 Å². The Bertz CT molecular complexity index is 863. The van der Waals surface area contributed by atoms with Crippen LogP contribution in [0.5, 0.6) is 0 Å². The maximum atomic E-state index is 12.6. The lowest BCUT2D eigenvalue weighted by atomic mass is 9.76. The molecule has 1 aliphatic carbocycles. The topological polar surface area (TPSA) is 137 Å².